The normalized spacial score (nSPS) is 15.5. The Bertz CT molecular complexity index is 643. The van der Waals surface area contributed by atoms with Crippen molar-refractivity contribution in [1.82, 2.24) is 21.3 Å². The Morgan fingerprint density at radius 1 is 1.15 bits per heavy atom. The lowest BCUT2D eigenvalue weighted by molar-refractivity contribution is -0.123. The predicted molar refractivity (Wildman–Crippen MR) is 96.7 cm³/mol. The van der Waals surface area contributed by atoms with Gasteiger partial charge in [0, 0.05) is 19.1 Å². The Morgan fingerprint density at radius 2 is 1.81 bits per heavy atom. The third-order valence-electron chi connectivity index (χ3n) is 4.05. The van der Waals surface area contributed by atoms with Crippen LogP contribution in [0.5, 0.6) is 5.75 Å². The minimum Gasteiger partial charge on any atom is -0.484 e. The highest BCUT2D eigenvalue weighted by Gasteiger charge is 2.23. The van der Waals surface area contributed by atoms with E-state index < -0.39 is 18.0 Å². The van der Waals surface area contributed by atoms with Crippen molar-refractivity contribution in [3.8, 4) is 5.75 Å². The first-order valence-corrected chi connectivity index (χ1v) is 8.69. The minimum atomic E-state index is -0.538. The van der Waals surface area contributed by atoms with Crippen molar-refractivity contribution >= 4 is 17.8 Å². The molecule has 0 spiro atoms. The summed E-state index contributed by atoms with van der Waals surface area (Å²) in [5.41, 5.74) is 0.958. The number of benzene rings is 1. The molecule has 26 heavy (non-hydrogen) atoms. The van der Waals surface area contributed by atoms with E-state index in [0.717, 1.165) is 18.4 Å². The first-order chi connectivity index (χ1) is 12.4. The van der Waals surface area contributed by atoms with Gasteiger partial charge in [0.05, 0.1) is 6.04 Å². The zero-order valence-electron chi connectivity index (χ0n) is 15.3. The van der Waals surface area contributed by atoms with Gasteiger partial charge in [-0.25, -0.2) is 4.79 Å². The van der Waals surface area contributed by atoms with Crippen LogP contribution in [0.25, 0.3) is 0 Å². The minimum absolute atomic E-state index is 0.000345. The fraction of sp³-hybridized carbons (Fsp3) is 0.500. The first kappa shape index (κ1) is 19.7. The lowest BCUT2D eigenvalue weighted by atomic mass is 10.1. The zero-order valence-corrected chi connectivity index (χ0v) is 15.3. The predicted octanol–water partition coefficient (Wildman–Crippen LogP) is 0.839. The summed E-state index contributed by atoms with van der Waals surface area (Å²) in [4.78, 5) is 34.7. The van der Waals surface area contributed by atoms with Crippen LogP contribution in [0.4, 0.5) is 4.79 Å². The number of nitrogens with one attached hydrogen (secondary N) is 4. The number of amides is 4. The summed E-state index contributed by atoms with van der Waals surface area (Å²) in [5, 5.41) is 10.6. The highest BCUT2D eigenvalue weighted by molar-refractivity contribution is 5.96. The van der Waals surface area contributed by atoms with Gasteiger partial charge in [-0.1, -0.05) is 12.1 Å². The molecule has 2 atom stereocenters. The molecule has 1 aliphatic rings. The maximum atomic E-state index is 11.9. The lowest BCUT2D eigenvalue weighted by Gasteiger charge is -2.20. The van der Waals surface area contributed by atoms with Crippen LogP contribution in [0.1, 0.15) is 38.3 Å². The topological polar surface area (TPSA) is 109 Å². The summed E-state index contributed by atoms with van der Waals surface area (Å²) in [6.07, 6.45) is 2.09. The summed E-state index contributed by atoms with van der Waals surface area (Å²) in [7, 11) is 1.45. The number of hydrogen-bond acceptors (Lipinski definition) is 5. The van der Waals surface area contributed by atoms with Crippen molar-refractivity contribution in [2.75, 3.05) is 13.7 Å². The van der Waals surface area contributed by atoms with E-state index >= 15 is 0 Å². The molecule has 0 radical (unpaired) electrons. The Kier molecular flexibility index (Phi) is 6.97. The molecular formula is C18H26N4O4. The Morgan fingerprint density at radius 3 is 2.38 bits per heavy atom. The summed E-state index contributed by atoms with van der Waals surface area (Å²) in [6.45, 7) is 3.60. The Labute approximate surface area is 153 Å². The summed E-state index contributed by atoms with van der Waals surface area (Å²) >= 11 is 0. The van der Waals surface area contributed by atoms with Crippen molar-refractivity contribution in [1.29, 1.82) is 0 Å². The van der Waals surface area contributed by atoms with E-state index in [0.29, 0.717) is 11.8 Å². The van der Waals surface area contributed by atoms with E-state index in [1.807, 2.05) is 19.1 Å². The molecule has 2 rings (SSSR count). The standard InChI is InChI=1S/C18H26N4O4/c1-11(20-12(2)17(24)22-18(25)19-3)13-4-8-15(9-5-13)26-10-16(23)21-14-6-7-14/h4-5,8-9,11-12,14,20H,6-7,10H2,1-3H3,(H,21,23)(H2,19,22,24,25). The van der Waals surface area contributed by atoms with Gasteiger partial charge in [0.25, 0.3) is 5.91 Å². The summed E-state index contributed by atoms with van der Waals surface area (Å²) < 4.78 is 5.47. The zero-order chi connectivity index (χ0) is 19.1. The number of carbonyl (C=O) groups is 3. The van der Waals surface area contributed by atoms with Gasteiger partial charge in [0.1, 0.15) is 5.75 Å². The van der Waals surface area contributed by atoms with Crippen LogP contribution in [0.2, 0.25) is 0 Å². The molecule has 0 aliphatic heterocycles. The fourth-order valence-corrected chi connectivity index (χ4v) is 2.33. The molecule has 8 heteroatoms. The molecule has 1 aliphatic carbocycles. The third kappa shape index (κ3) is 6.36. The van der Waals surface area contributed by atoms with Gasteiger partial charge in [-0.15, -0.1) is 0 Å². The van der Waals surface area contributed by atoms with Gasteiger partial charge in [0.15, 0.2) is 6.61 Å². The molecule has 0 aromatic heterocycles. The molecule has 0 saturated heterocycles. The van der Waals surface area contributed by atoms with Crippen LogP contribution >= 0.6 is 0 Å². The number of rotatable bonds is 8. The highest BCUT2D eigenvalue weighted by atomic mass is 16.5. The fourth-order valence-electron chi connectivity index (χ4n) is 2.33. The maximum absolute atomic E-state index is 11.9. The van der Waals surface area contributed by atoms with Gasteiger partial charge in [-0.3, -0.25) is 20.2 Å². The summed E-state index contributed by atoms with van der Waals surface area (Å²) in [6, 6.07) is 6.45. The van der Waals surface area contributed by atoms with Crippen molar-refractivity contribution in [2.24, 2.45) is 0 Å². The van der Waals surface area contributed by atoms with E-state index in [2.05, 4.69) is 21.3 Å². The second-order valence-electron chi connectivity index (χ2n) is 6.38. The van der Waals surface area contributed by atoms with Gasteiger partial charge < -0.3 is 15.4 Å². The molecular weight excluding hydrogens is 336 g/mol. The Hall–Kier alpha value is -2.61. The smallest absolute Gasteiger partial charge is 0.321 e. The monoisotopic (exact) mass is 362 g/mol. The molecule has 8 nitrogen and oxygen atoms in total. The van der Waals surface area contributed by atoms with Gasteiger partial charge in [0.2, 0.25) is 5.91 Å². The van der Waals surface area contributed by atoms with E-state index in [1.165, 1.54) is 7.05 Å². The number of imide groups is 1. The molecule has 1 saturated carbocycles. The second kappa shape index (κ2) is 9.19. The molecule has 4 N–H and O–H groups in total. The average Bonchev–Trinajstić information content (AvgIpc) is 3.44. The van der Waals surface area contributed by atoms with Gasteiger partial charge in [-0.2, -0.15) is 0 Å². The number of ether oxygens (including phenoxy) is 1. The first-order valence-electron chi connectivity index (χ1n) is 8.69. The van der Waals surface area contributed by atoms with E-state index in [-0.39, 0.29) is 18.6 Å². The van der Waals surface area contributed by atoms with E-state index in [4.69, 9.17) is 4.74 Å². The molecule has 1 aromatic rings. The van der Waals surface area contributed by atoms with Crippen LogP contribution in [0.15, 0.2) is 24.3 Å². The van der Waals surface area contributed by atoms with Crippen molar-refractivity contribution in [2.45, 2.75) is 44.8 Å². The van der Waals surface area contributed by atoms with Crippen LogP contribution < -0.4 is 26.0 Å². The highest BCUT2D eigenvalue weighted by Crippen LogP contribution is 2.19. The number of hydrogen-bond donors (Lipinski definition) is 4. The van der Waals surface area contributed by atoms with Crippen LogP contribution in [-0.4, -0.2) is 43.6 Å². The maximum Gasteiger partial charge on any atom is 0.321 e. The van der Waals surface area contributed by atoms with Crippen LogP contribution in [0, 0.1) is 0 Å². The van der Waals surface area contributed by atoms with Gasteiger partial charge >= 0.3 is 6.03 Å². The summed E-state index contributed by atoms with van der Waals surface area (Å²) in [5.74, 6) is 0.0951. The molecule has 0 heterocycles. The average molecular weight is 362 g/mol. The SMILES string of the molecule is CNC(=O)NC(=O)C(C)NC(C)c1ccc(OCC(=O)NC2CC2)cc1. The number of urea groups is 1. The molecule has 2 unspecified atom stereocenters. The van der Waals surface area contributed by atoms with Crippen molar-refractivity contribution < 1.29 is 19.1 Å². The molecule has 1 fully saturated rings. The quantitative estimate of drug-likeness (QED) is 0.548. The number of carbonyl (C=O) groups excluding carboxylic acids is 3. The Balaban J connectivity index is 1.79. The molecule has 0 bridgehead atoms. The largest absolute Gasteiger partial charge is 0.484 e. The van der Waals surface area contributed by atoms with E-state index in [9.17, 15) is 14.4 Å². The van der Waals surface area contributed by atoms with Crippen molar-refractivity contribution in [3.05, 3.63) is 29.8 Å². The molecule has 1 aromatic carbocycles. The molecule has 142 valence electrons. The van der Waals surface area contributed by atoms with Crippen molar-refractivity contribution in [3.63, 3.8) is 0 Å². The van der Waals surface area contributed by atoms with Gasteiger partial charge in [-0.05, 0) is 44.4 Å². The third-order valence-corrected chi connectivity index (χ3v) is 4.05. The van der Waals surface area contributed by atoms with Crippen LogP contribution in [-0.2, 0) is 9.59 Å². The molecule has 4 amide bonds. The van der Waals surface area contributed by atoms with E-state index in [1.54, 1.807) is 19.1 Å². The second-order valence-corrected chi connectivity index (χ2v) is 6.38. The van der Waals surface area contributed by atoms with Crippen LogP contribution in [0.3, 0.4) is 0 Å². The lowest BCUT2D eigenvalue weighted by Crippen LogP contribution is -2.47.